The molecule has 9 nitrogen and oxygen atoms in total. The number of carbonyl (C=O) groups excluding carboxylic acids is 1. The van der Waals surface area contributed by atoms with Gasteiger partial charge in [0.15, 0.2) is 11.5 Å². The smallest absolute Gasteiger partial charge is 0.231 e. The Labute approximate surface area is 174 Å². The van der Waals surface area contributed by atoms with Crippen molar-refractivity contribution < 1.29 is 24.1 Å². The van der Waals surface area contributed by atoms with Crippen molar-refractivity contribution in [2.45, 2.75) is 44.4 Å². The first kappa shape index (κ1) is 19.2. The molecule has 2 aromatic rings. The number of hydrogen-bond acceptors (Lipinski definition) is 7. The lowest BCUT2D eigenvalue weighted by molar-refractivity contribution is -0.130. The number of amides is 1. The molecule has 0 bridgehead atoms. The van der Waals surface area contributed by atoms with E-state index >= 15 is 0 Å². The van der Waals surface area contributed by atoms with Crippen LogP contribution in [0.15, 0.2) is 30.9 Å². The zero-order valence-corrected chi connectivity index (χ0v) is 16.7. The Bertz CT molecular complexity index is 890. The van der Waals surface area contributed by atoms with Crippen LogP contribution in [0.4, 0.5) is 0 Å². The second-order valence-electron chi connectivity index (χ2n) is 8.29. The molecule has 1 saturated heterocycles. The maximum atomic E-state index is 12.6. The summed E-state index contributed by atoms with van der Waals surface area (Å²) in [4.78, 5) is 18.5. The van der Waals surface area contributed by atoms with Crippen LogP contribution >= 0.6 is 0 Å². The summed E-state index contributed by atoms with van der Waals surface area (Å²) in [5.41, 5.74) is 0. The molecule has 5 rings (SSSR count). The van der Waals surface area contributed by atoms with E-state index in [-0.39, 0.29) is 18.8 Å². The highest BCUT2D eigenvalue weighted by atomic mass is 16.7. The molecule has 0 spiro atoms. The summed E-state index contributed by atoms with van der Waals surface area (Å²) in [5, 5.41) is 14.7. The van der Waals surface area contributed by atoms with E-state index in [0.29, 0.717) is 48.5 Å². The predicted molar refractivity (Wildman–Crippen MR) is 105 cm³/mol. The summed E-state index contributed by atoms with van der Waals surface area (Å²) in [6, 6.07) is 5.47. The molecular weight excluding hydrogens is 388 g/mol. The first-order valence-electron chi connectivity index (χ1n) is 10.5. The van der Waals surface area contributed by atoms with Crippen LogP contribution < -0.4 is 14.2 Å². The van der Waals surface area contributed by atoms with E-state index in [1.54, 1.807) is 17.1 Å². The minimum atomic E-state index is -0.543. The molecule has 1 aromatic carbocycles. The van der Waals surface area contributed by atoms with E-state index in [1.165, 1.54) is 6.33 Å². The fourth-order valence-corrected chi connectivity index (χ4v) is 4.74. The Morgan fingerprint density at radius 2 is 2.03 bits per heavy atom. The van der Waals surface area contributed by atoms with Gasteiger partial charge in [-0.05, 0) is 43.2 Å². The Kier molecular flexibility index (Phi) is 5.20. The molecule has 2 aliphatic heterocycles. The standard InChI is InChI=1S/C21H26N4O5/c26-17-6-14-9-24(21(27)2-1-5-25-12-22-11-23-25)10-15(14)7-19(17)30-16-3-4-18-20(8-16)29-13-28-18/h3-4,8,11-12,14-15,17,19,26H,1-2,5-7,9-10,13H2/t14-,15+,17+,19+/m0/s1. The summed E-state index contributed by atoms with van der Waals surface area (Å²) < 4.78 is 18.6. The molecule has 30 heavy (non-hydrogen) atoms. The van der Waals surface area contributed by atoms with Crippen LogP contribution in [0.25, 0.3) is 0 Å². The lowest BCUT2D eigenvalue weighted by atomic mass is 9.78. The van der Waals surface area contributed by atoms with Gasteiger partial charge in [-0.15, -0.1) is 0 Å². The maximum absolute atomic E-state index is 12.6. The molecule has 160 valence electrons. The quantitative estimate of drug-likeness (QED) is 0.764. The van der Waals surface area contributed by atoms with E-state index in [2.05, 4.69) is 10.1 Å². The van der Waals surface area contributed by atoms with Gasteiger partial charge < -0.3 is 24.2 Å². The van der Waals surface area contributed by atoms with Crippen molar-refractivity contribution in [3.8, 4) is 17.2 Å². The number of rotatable bonds is 6. The van der Waals surface area contributed by atoms with Gasteiger partial charge in [0.1, 0.15) is 24.5 Å². The van der Waals surface area contributed by atoms with Gasteiger partial charge in [0.2, 0.25) is 12.7 Å². The van der Waals surface area contributed by atoms with Crippen molar-refractivity contribution >= 4 is 5.91 Å². The average Bonchev–Trinajstić information content (AvgIpc) is 3.48. The molecule has 1 saturated carbocycles. The van der Waals surface area contributed by atoms with Crippen molar-refractivity contribution in [3.63, 3.8) is 0 Å². The highest BCUT2D eigenvalue weighted by Gasteiger charge is 2.43. The number of carbonyl (C=O) groups is 1. The molecule has 1 aliphatic carbocycles. The average molecular weight is 414 g/mol. The molecule has 3 aliphatic rings. The van der Waals surface area contributed by atoms with E-state index in [9.17, 15) is 9.90 Å². The molecule has 1 aromatic heterocycles. The fraction of sp³-hybridized carbons (Fsp3) is 0.571. The number of fused-ring (bicyclic) bond motifs is 2. The van der Waals surface area contributed by atoms with E-state index in [0.717, 1.165) is 25.9 Å². The Hall–Kier alpha value is -2.81. The first-order valence-corrected chi connectivity index (χ1v) is 10.5. The van der Waals surface area contributed by atoms with Gasteiger partial charge in [-0.2, -0.15) is 5.10 Å². The van der Waals surface area contributed by atoms with Gasteiger partial charge in [0, 0.05) is 32.1 Å². The summed E-state index contributed by atoms with van der Waals surface area (Å²) >= 11 is 0. The first-order chi connectivity index (χ1) is 14.7. The van der Waals surface area contributed by atoms with Gasteiger partial charge in [0.05, 0.1) is 6.10 Å². The molecule has 2 fully saturated rings. The van der Waals surface area contributed by atoms with Crippen LogP contribution in [0, 0.1) is 11.8 Å². The highest BCUT2D eigenvalue weighted by molar-refractivity contribution is 5.76. The van der Waals surface area contributed by atoms with Gasteiger partial charge in [-0.1, -0.05) is 0 Å². The van der Waals surface area contributed by atoms with Crippen LogP contribution in [0.3, 0.4) is 0 Å². The third kappa shape index (κ3) is 3.94. The SMILES string of the molecule is O=C(CCCn1cncn1)N1C[C@H]2C[C@@H](Oc3ccc4c(c3)OCO4)[C@H](O)C[C@H]2C1. The number of aliphatic hydroxyl groups is 1. The summed E-state index contributed by atoms with van der Waals surface area (Å²) in [5.74, 6) is 2.90. The monoisotopic (exact) mass is 414 g/mol. The Morgan fingerprint density at radius 1 is 1.20 bits per heavy atom. The van der Waals surface area contributed by atoms with Crippen molar-refractivity contribution in [1.29, 1.82) is 0 Å². The van der Waals surface area contributed by atoms with Crippen LogP contribution in [0.5, 0.6) is 17.2 Å². The number of likely N-dealkylation sites (tertiary alicyclic amines) is 1. The minimum Gasteiger partial charge on any atom is -0.488 e. The fourth-order valence-electron chi connectivity index (χ4n) is 4.74. The highest BCUT2D eigenvalue weighted by Crippen LogP contribution is 2.40. The number of nitrogens with zero attached hydrogens (tertiary/aromatic N) is 4. The summed E-state index contributed by atoms with van der Waals surface area (Å²) in [7, 11) is 0. The molecule has 1 amide bonds. The number of aromatic nitrogens is 3. The van der Waals surface area contributed by atoms with E-state index in [4.69, 9.17) is 14.2 Å². The number of aryl methyl sites for hydroxylation is 1. The van der Waals surface area contributed by atoms with Gasteiger partial charge in [-0.25, -0.2) is 4.98 Å². The van der Waals surface area contributed by atoms with E-state index in [1.807, 2.05) is 17.0 Å². The zero-order valence-electron chi connectivity index (χ0n) is 16.7. The predicted octanol–water partition coefficient (Wildman–Crippen LogP) is 1.46. The largest absolute Gasteiger partial charge is 0.488 e. The molecule has 3 heterocycles. The number of aliphatic hydroxyl groups excluding tert-OH is 1. The molecule has 0 unspecified atom stereocenters. The number of ether oxygens (including phenoxy) is 3. The molecular formula is C21H26N4O5. The molecule has 1 N–H and O–H groups in total. The topological polar surface area (TPSA) is 98.9 Å². The zero-order chi connectivity index (χ0) is 20.5. The van der Waals surface area contributed by atoms with Crippen LogP contribution in [-0.4, -0.2) is 62.8 Å². The third-order valence-electron chi connectivity index (χ3n) is 6.31. The maximum Gasteiger partial charge on any atom is 0.231 e. The second kappa shape index (κ2) is 8.14. The normalized spacial score (nSPS) is 27.2. The Balaban J connectivity index is 1.14. The Morgan fingerprint density at radius 3 is 2.87 bits per heavy atom. The van der Waals surface area contributed by atoms with Crippen LogP contribution in [0.1, 0.15) is 25.7 Å². The summed E-state index contributed by atoms with van der Waals surface area (Å²) in [6.07, 6.45) is 4.97. The molecule has 4 atom stereocenters. The minimum absolute atomic E-state index is 0.173. The number of benzene rings is 1. The van der Waals surface area contributed by atoms with Crippen LogP contribution in [-0.2, 0) is 11.3 Å². The third-order valence-corrected chi connectivity index (χ3v) is 6.31. The summed E-state index contributed by atoms with van der Waals surface area (Å²) in [6.45, 7) is 2.37. The van der Waals surface area contributed by atoms with Gasteiger partial charge in [-0.3, -0.25) is 9.48 Å². The van der Waals surface area contributed by atoms with Gasteiger partial charge >= 0.3 is 0 Å². The lowest BCUT2D eigenvalue weighted by Gasteiger charge is -2.35. The molecule has 0 radical (unpaired) electrons. The lowest BCUT2D eigenvalue weighted by Crippen LogP contribution is -2.42. The van der Waals surface area contributed by atoms with Crippen molar-refractivity contribution in [2.24, 2.45) is 11.8 Å². The van der Waals surface area contributed by atoms with Gasteiger partial charge in [0.25, 0.3) is 0 Å². The van der Waals surface area contributed by atoms with E-state index < -0.39 is 6.10 Å². The second-order valence-corrected chi connectivity index (χ2v) is 8.29. The van der Waals surface area contributed by atoms with Crippen molar-refractivity contribution in [2.75, 3.05) is 19.9 Å². The van der Waals surface area contributed by atoms with Crippen molar-refractivity contribution in [1.82, 2.24) is 19.7 Å². The number of hydrogen-bond donors (Lipinski definition) is 1. The van der Waals surface area contributed by atoms with Crippen LogP contribution in [0.2, 0.25) is 0 Å². The van der Waals surface area contributed by atoms with Crippen molar-refractivity contribution in [3.05, 3.63) is 30.9 Å². The molecule has 9 heteroatoms.